The zero-order chi connectivity index (χ0) is 9.31. The quantitative estimate of drug-likeness (QED) is 0.647. The molecular weight excluding hydrogens is 158 g/mol. The minimum absolute atomic E-state index is 0.803. The first-order chi connectivity index (χ1) is 6.20. The highest BCUT2D eigenvalue weighted by Gasteiger charge is 2.42. The number of hydrogen-bond acceptors (Lipinski definition) is 1. The van der Waals surface area contributed by atoms with Gasteiger partial charge in [-0.3, -0.25) is 0 Å². The molecule has 0 amide bonds. The van der Waals surface area contributed by atoms with Crippen molar-refractivity contribution in [1.29, 1.82) is 0 Å². The Balaban J connectivity index is 1.72. The van der Waals surface area contributed by atoms with Gasteiger partial charge in [0.15, 0.2) is 0 Å². The first-order valence-electron chi connectivity index (χ1n) is 5.93. The van der Waals surface area contributed by atoms with Crippen LogP contribution in [0.3, 0.4) is 0 Å². The normalized spacial score (nSPS) is 27.0. The standard InChI is InChI=1S/C12H23N/c1-11(2)4-8-13-9-7-12(10-13)5-3-6-12/h11H,3-10H2,1-2H3. The summed E-state index contributed by atoms with van der Waals surface area (Å²) in [6.07, 6.45) is 7.41. The monoisotopic (exact) mass is 181 g/mol. The molecule has 2 fully saturated rings. The molecule has 2 aliphatic rings. The fourth-order valence-corrected chi connectivity index (χ4v) is 2.74. The fourth-order valence-electron chi connectivity index (χ4n) is 2.74. The van der Waals surface area contributed by atoms with Gasteiger partial charge in [-0.1, -0.05) is 20.3 Å². The van der Waals surface area contributed by atoms with Crippen LogP contribution < -0.4 is 0 Å². The van der Waals surface area contributed by atoms with E-state index in [1.54, 1.807) is 0 Å². The molecule has 0 bridgehead atoms. The molecule has 1 nitrogen and oxygen atoms in total. The highest BCUT2D eigenvalue weighted by Crippen LogP contribution is 2.47. The van der Waals surface area contributed by atoms with Gasteiger partial charge < -0.3 is 4.90 Å². The molecule has 0 aromatic carbocycles. The minimum Gasteiger partial charge on any atom is -0.303 e. The van der Waals surface area contributed by atoms with E-state index in [9.17, 15) is 0 Å². The van der Waals surface area contributed by atoms with Crippen LogP contribution in [0.15, 0.2) is 0 Å². The lowest BCUT2D eigenvalue weighted by atomic mass is 9.68. The molecule has 1 heteroatoms. The molecule has 0 N–H and O–H groups in total. The summed E-state index contributed by atoms with van der Waals surface area (Å²) in [5, 5.41) is 0. The van der Waals surface area contributed by atoms with E-state index < -0.39 is 0 Å². The number of hydrogen-bond donors (Lipinski definition) is 0. The van der Waals surface area contributed by atoms with Gasteiger partial charge in [-0.05, 0) is 50.1 Å². The summed E-state index contributed by atoms with van der Waals surface area (Å²) in [5.74, 6) is 0.873. The van der Waals surface area contributed by atoms with E-state index >= 15 is 0 Å². The van der Waals surface area contributed by atoms with Gasteiger partial charge in [0, 0.05) is 6.54 Å². The molecular formula is C12H23N. The molecule has 0 aromatic heterocycles. The van der Waals surface area contributed by atoms with Gasteiger partial charge in [-0.25, -0.2) is 0 Å². The second kappa shape index (κ2) is 3.61. The maximum atomic E-state index is 2.69. The van der Waals surface area contributed by atoms with Crippen LogP contribution in [0, 0.1) is 11.3 Å². The van der Waals surface area contributed by atoms with Gasteiger partial charge in [0.25, 0.3) is 0 Å². The SMILES string of the molecule is CC(C)CCN1CCC2(CCC2)C1. The van der Waals surface area contributed by atoms with E-state index in [0.717, 1.165) is 11.3 Å². The second-order valence-corrected chi connectivity index (χ2v) is 5.56. The van der Waals surface area contributed by atoms with Crippen molar-refractivity contribution in [2.75, 3.05) is 19.6 Å². The van der Waals surface area contributed by atoms with Crippen molar-refractivity contribution in [2.24, 2.45) is 11.3 Å². The smallest absolute Gasteiger partial charge is 0.00385 e. The third kappa shape index (κ3) is 2.07. The van der Waals surface area contributed by atoms with Crippen LogP contribution in [0.2, 0.25) is 0 Å². The Morgan fingerprint density at radius 3 is 2.46 bits per heavy atom. The molecule has 13 heavy (non-hydrogen) atoms. The predicted molar refractivity (Wildman–Crippen MR) is 56.8 cm³/mol. The van der Waals surface area contributed by atoms with Crippen molar-refractivity contribution in [1.82, 2.24) is 4.90 Å². The van der Waals surface area contributed by atoms with Crippen LogP contribution in [0.25, 0.3) is 0 Å². The van der Waals surface area contributed by atoms with E-state index in [1.165, 1.54) is 51.7 Å². The molecule has 1 spiro atoms. The average Bonchev–Trinajstić information content (AvgIpc) is 2.43. The van der Waals surface area contributed by atoms with Gasteiger partial charge in [0.05, 0.1) is 0 Å². The molecule has 1 aliphatic carbocycles. The Kier molecular flexibility index (Phi) is 2.64. The van der Waals surface area contributed by atoms with Crippen molar-refractivity contribution in [3.05, 3.63) is 0 Å². The fraction of sp³-hybridized carbons (Fsp3) is 1.00. The largest absolute Gasteiger partial charge is 0.303 e. The molecule has 76 valence electrons. The summed E-state index contributed by atoms with van der Waals surface area (Å²) in [6, 6.07) is 0. The van der Waals surface area contributed by atoms with E-state index in [2.05, 4.69) is 18.7 Å². The molecule has 0 radical (unpaired) electrons. The Hall–Kier alpha value is -0.0400. The Morgan fingerprint density at radius 2 is 2.00 bits per heavy atom. The summed E-state index contributed by atoms with van der Waals surface area (Å²) < 4.78 is 0. The average molecular weight is 181 g/mol. The molecule has 0 unspecified atom stereocenters. The Morgan fingerprint density at radius 1 is 1.23 bits per heavy atom. The molecule has 1 saturated carbocycles. The molecule has 2 rings (SSSR count). The first kappa shape index (κ1) is 9.51. The lowest BCUT2D eigenvalue weighted by Crippen LogP contribution is -2.33. The zero-order valence-electron chi connectivity index (χ0n) is 9.18. The van der Waals surface area contributed by atoms with Gasteiger partial charge in [0.1, 0.15) is 0 Å². The summed E-state index contributed by atoms with van der Waals surface area (Å²) >= 11 is 0. The molecule has 0 aromatic rings. The Labute approximate surface area is 82.5 Å². The van der Waals surface area contributed by atoms with Crippen molar-refractivity contribution >= 4 is 0 Å². The van der Waals surface area contributed by atoms with Crippen LogP contribution in [-0.4, -0.2) is 24.5 Å². The third-order valence-electron chi connectivity index (χ3n) is 3.95. The Bertz CT molecular complexity index is 170. The second-order valence-electron chi connectivity index (χ2n) is 5.56. The van der Waals surface area contributed by atoms with Crippen molar-refractivity contribution in [3.8, 4) is 0 Å². The summed E-state index contributed by atoms with van der Waals surface area (Å²) in [6.45, 7) is 8.80. The van der Waals surface area contributed by atoms with Crippen molar-refractivity contribution in [2.45, 2.75) is 46.0 Å². The summed E-state index contributed by atoms with van der Waals surface area (Å²) in [5.41, 5.74) is 0.803. The highest BCUT2D eigenvalue weighted by atomic mass is 15.2. The molecule has 1 saturated heterocycles. The maximum Gasteiger partial charge on any atom is 0.00385 e. The lowest BCUT2D eigenvalue weighted by molar-refractivity contribution is 0.137. The van der Waals surface area contributed by atoms with Crippen LogP contribution in [0.5, 0.6) is 0 Å². The van der Waals surface area contributed by atoms with Crippen molar-refractivity contribution in [3.63, 3.8) is 0 Å². The number of likely N-dealkylation sites (tertiary alicyclic amines) is 1. The zero-order valence-corrected chi connectivity index (χ0v) is 9.18. The highest BCUT2D eigenvalue weighted by molar-refractivity contribution is 4.95. The molecule has 0 atom stereocenters. The number of nitrogens with zero attached hydrogens (tertiary/aromatic N) is 1. The minimum atomic E-state index is 0.803. The van der Waals surface area contributed by atoms with E-state index in [4.69, 9.17) is 0 Å². The third-order valence-corrected chi connectivity index (χ3v) is 3.95. The van der Waals surface area contributed by atoms with Crippen molar-refractivity contribution < 1.29 is 0 Å². The van der Waals surface area contributed by atoms with E-state index in [-0.39, 0.29) is 0 Å². The number of rotatable bonds is 3. The van der Waals surface area contributed by atoms with Crippen LogP contribution in [-0.2, 0) is 0 Å². The summed E-state index contributed by atoms with van der Waals surface area (Å²) in [4.78, 5) is 2.69. The summed E-state index contributed by atoms with van der Waals surface area (Å²) in [7, 11) is 0. The lowest BCUT2D eigenvalue weighted by Gasteiger charge is -2.38. The van der Waals surface area contributed by atoms with Crippen LogP contribution in [0.1, 0.15) is 46.0 Å². The van der Waals surface area contributed by atoms with Gasteiger partial charge in [-0.2, -0.15) is 0 Å². The van der Waals surface area contributed by atoms with E-state index in [1.807, 2.05) is 0 Å². The molecule has 1 heterocycles. The van der Waals surface area contributed by atoms with E-state index in [0.29, 0.717) is 0 Å². The van der Waals surface area contributed by atoms with Crippen LogP contribution in [0.4, 0.5) is 0 Å². The maximum absolute atomic E-state index is 2.69. The molecule has 1 aliphatic heterocycles. The first-order valence-corrected chi connectivity index (χ1v) is 5.93. The van der Waals surface area contributed by atoms with Gasteiger partial charge in [0.2, 0.25) is 0 Å². The van der Waals surface area contributed by atoms with Gasteiger partial charge >= 0.3 is 0 Å². The predicted octanol–water partition coefficient (Wildman–Crippen LogP) is 2.91. The van der Waals surface area contributed by atoms with Gasteiger partial charge in [-0.15, -0.1) is 0 Å². The topological polar surface area (TPSA) is 3.24 Å². The van der Waals surface area contributed by atoms with Crippen LogP contribution >= 0.6 is 0 Å².